The number of nitrogens with zero attached hydrogens (tertiary/aromatic N) is 2. The Morgan fingerprint density at radius 1 is 1.48 bits per heavy atom. The fourth-order valence-corrected chi connectivity index (χ4v) is 5.67. The molecule has 1 aromatic carbocycles. The van der Waals surface area contributed by atoms with Crippen molar-refractivity contribution in [2.45, 2.75) is 43.6 Å². The normalized spacial score (nSPS) is 26.4. The standard InChI is InChI=1S/C24H24F2N4O2S/c1-5-14(3)32-16-8-13(2)20(28-11-16)21(31)29-15-6-7-18(26)17(9-15)23(4)19-10-24(19,12-25)33-22(27)30-23/h1,6-9,11,14,19H,10,12H2,2-4H3,(H2,27,30)(H,29,31)/t14-,19-,23-,24+/m0/s1. The summed E-state index contributed by atoms with van der Waals surface area (Å²) in [6, 6.07) is 5.93. The Kier molecular flexibility index (Phi) is 5.83. The van der Waals surface area contributed by atoms with Gasteiger partial charge in [-0.15, -0.1) is 6.42 Å². The van der Waals surface area contributed by atoms with Gasteiger partial charge >= 0.3 is 0 Å². The Labute approximate surface area is 195 Å². The summed E-state index contributed by atoms with van der Waals surface area (Å²) >= 11 is 1.22. The smallest absolute Gasteiger partial charge is 0.274 e. The lowest BCUT2D eigenvalue weighted by Crippen LogP contribution is -2.36. The van der Waals surface area contributed by atoms with Gasteiger partial charge in [0.1, 0.15) is 23.9 Å². The van der Waals surface area contributed by atoms with Gasteiger partial charge in [-0.3, -0.25) is 9.79 Å². The molecule has 33 heavy (non-hydrogen) atoms. The molecule has 6 nitrogen and oxygen atoms in total. The summed E-state index contributed by atoms with van der Waals surface area (Å²) in [6.07, 6.45) is 6.87. The van der Waals surface area contributed by atoms with Crippen molar-refractivity contribution in [2.75, 3.05) is 12.0 Å². The summed E-state index contributed by atoms with van der Waals surface area (Å²) in [5, 5.41) is 2.99. The summed E-state index contributed by atoms with van der Waals surface area (Å²) in [7, 11) is 0. The van der Waals surface area contributed by atoms with Gasteiger partial charge in [-0.25, -0.2) is 13.8 Å². The number of alkyl halides is 1. The van der Waals surface area contributed by atoms with Crippen molar-refractivity contribution < 1.29 is 18.3 Å². The molecule has 4 rings (SSSR count). The number of benzene rings is 1. The number of carbonyl (C=O) groups excluding carboxylic acids is 1. The number of rotatable bonds is 6. The van der Waals surface area contributed by atoms with Crippen LogP contribution in [0.4, 0.5) is 14.5 Å². The molecule has 2 aliphatic rings. The maximum absolute atomic E-state index is 14.9. The van der Waals surface area contributed by atoms with E-state index in [0.29, 0.717) is 23.4 Å². The number of hydrogen-bond donors (Lipinski definition) is 2. The van der Waals surface area contributed by atoms with Crippen molar-refractivity contribution in [1.82, 2.24) is 4.98 Å². The topological polar surface area (TPSA) is 89.6 Å². The lowest BCUT2D eigenvalue weighted by atomic mass is 9.85. The van der Waals surface area contributed by atoms with Gasteiger partial charge < -0.3 is 15.8 Å². The van der Waals surface area contributed by atoms with Crippen molar-refractivity contribution in [2.24, 2.45) is 16.6 Å². The minimum absolute atomic E-state index is 0.186. The first-order chi connectivity index (χ1) is 15.6. The van der Waals surface area contributed by atoms with Crippen LogP contribution in [0.25, 0.3) is 0 Å². The van der Waals surface area contributed by atoms with E-state index in [9.17, 15) is 13.6 Å². The number of pyridine rings is 1. The summed E-state index contributed by atoms with van der Waals surface area (Å²) in [6.45, 7) is 4.65. The molecule has 3 N–H and O–H groups in total. The molecular weight excluding hydrogens is 446 g/mol. The fraction of sp³-hybridized carbons (Fsp3) is 0.375. The van der Waals surface area contributed by atoms with E-state index in [1.165, 1.54) is 36.2 Å². The molecule has 0 unspecified atom stereocenters. The van der Waals surface area contributed by atoms with Crippen LogP contribution in [0.3, 0.4) is 0 Å². The van der Waals surface area contributed by atoms with Gasteiger partial charge in [0.05, 0.1) is 16.5 Å². The number of amides is 1. The van der Waals surface area contributed by atoms with E-state index in [2.05, 4.69) is 21.2 Å². The molecule has 2 aromatic rings. The van der Waals surface area contributed by atoms with Crippen molar-refractivity contribution >= 4 is 28.5 Å². The fourth-order valence-electron chi connectivity index (χ4n) is 4.34. The number of ether oxygens (including phenoxy) is 1. The van der Waals surface area contributed by atoms with E-state index < -0.39 is 34.8 Å². The van der Waals surface area contributed by atoms with E-state index >= 15 is 0 Å². The van der Waals surface area contributed by atoms with Crippen molar-refractivity contribution in [3.63, 3.8) is 0 Å². The highest BCUT2D eigenvalue weighted by atomic mass is 32.2. The highest BCUT2D eigenvalue weighted by Crippen LogP contribution is 2.66. The summed E-state index contributed by atoms with van der Waals surface area (Å²) < 4.78 is 33.5. The summed E-state index contributed by atoms with van der Waals surface area (Å²) in [4.78, 5) is 21.5. The minimum atomic E-state index is -1.02. The Morgan fingerprint density at radius 3 is 2.91 bits per heavy atom. The number of carbonyl (C=O) groups is 1. The lowest BCUT2D eigenvalue weighted by Gasteiger charge is -2.33. The second-order valence-corrected chi connectivity index (χ2v) is 10.0. The van der Waals surface area contributed by atoms with Gasteiger partial charge in [-0.2, -0.15) is 0 Å². The quantitative estimate of drug-likeness (QED) is 0.618. The Balaban J connectivity index is 1.59. The van der Waals surface area contributed by atoms with E-state index in [4.69, 9.17) is 16.9 Å². The molecule has 1 saturated carbocycles. The zero-order chi connectivity index (χ0) is 24.0. The van der Waals surface area contributed by atoms with E-state index in [-0.39, 0.29) is 22.3 Å². The molecule has 0 bridgehead atoms. The number of nitrogens with one attached hydrogen (secondary N) is 1. The Morgan fingerprint density at radius 2 is 2.24 bits per heavy atom. The number of aryl methyl sites for hydroxylation is 1. The van der Waals surface area contributed by atoms with E-state index in [1.807, 2.05) is 0 Å². The zero-order valence-corrected chi connectivity index (χ0v) is 19.3. The number of anilines is 1. The Hall–Kier alpha value is -3.12. The van der Waals surface area contributed by atoms with Crippen molar-refractivity contribution in [3.8, 4) is 18.1 Å². The third-order valence-electron chi connectivity index (χ3n) is 6.16. The molecule has 1 aliphatic carbocycles. The predicted octanol–water partition coefficient (Wildman–Crippen LogP) is 4.19. The average Bonchev–Trinajstić information content (AvgIpc) is 3.50. The molecule has 0 saturated heterocycles. The monoisotopic (exact) mass is 470 g/mol. The zero-order valence-electron chi connectivity index (χ0n) is 18.5. The van der Waals surface area contributed by atoms with Gasteiger partial charge in [-0.05, 0) is 57.0 Å². The highest BCUT2D eigenvalue weighted by molar-refractivity contribution is 8.15. The number of nitrogens with two attached hydrogens (primary N) is 1. The first kappa shape index (κ1) is 23.1. The van der Waals surface area contributed by atoms with Crippen LogP contribution < -0.4 is 15.8 Å². The third-order valence-corrected chi connectivity index (χ3v) is 7.43. The molecule has 172 valence electrons. The molecule has 0 radical (unpaired) electrons. The molecule has 0 spiro atoms. The molecular formula is C24H24F2N4O2S. The van der Waals surface area contributed by atoms with Crippen LogP contribution in [-0.2, 0) is 5.54 Å². The molecule has 1 amide bonds. The van der Waals surface area contributed by atoms with Crippen LogP contribution in [-0.4, -0.2) is 33.6 Å². The van der Waals surface area contributed by atoms with Crippen LogP contribution in [0, 0.1) is 31.0 Å². The van der Waals surface area contributed by atoms with Gasteiger partial charge in [0.15, 0.2) is 11.3 Å². The SMILES string of the molecule is C#C[C@H](C)Oc1cnc(C(=O)Nc2ccc(F)c([C@]3(C)N=C(N)S[C@@]4(CF)C[C@H]43)c2)c(C)c1. The molecule has 1 aliphatic heterocycles. The number of hydrogen-bond acceptors (Lipinski definition) is 6. The number of fused-ring (bicyclic) bond motifs is 1. The maximum Gasteiger partial charge on any atom is 0.274 e. The van der Waals surface area contributed by atoms with Crippen molar-refractivity contribution in [3.05, 3.63) is 53.1 Å². The van der Waals surface area contributed by atoms with Gasteiger partial charge in [0.2, 0.25) is 0 Å². The molecule has 4 atom stereocenters. The molecule has 2 heterocycles. The Bertz CT molecular complexity index is 1200. The number of aliphatic imine (C=N–C) groups is 1. The van der Waals surface area contributed by atoms with Crippen molar-refractivity contribution in [1.29, 1.82) is 0 Å². The average molecular weight is 471 g/mol. The second-order valence-electron chi connectivity index (χ2n) is 8.57. The van der Waals surface area contributed by atoms with Crippen LogP contribution >= 0.6 is 11.8 Å². The summed E-state index contributed by atoms with van der Waals surface area (Å²) in [5.41, 5.74) is 6.37. The molecule has 1 fully saturated rings. The van der Waals surface area contributed by atoms with Crippen LogP contribution in [0.5, 0.6) is 5.75 Å². The van der Waals surface area contributed by atoms with Gasteiger partial charge in [0.25, 0.3) is 5.91 Å². The maximum atomic E-state index is 14.9. The molecule has 1 aromatic heterocycles. The number of thioether (sulfide) groups is 1. The van der Waals surface area contributed by atoms with E-state index in [0.717, 1.165) is 0 Å². The number of terminal acetylenes is 1. The first-order valence-corrected chi connectivity index (χ1v) is 11.2. The predicted molar refractivity (Wildman–Crippen MR) is 126 cm³/mol. The third kappa shape index (κ3) is 4.15. The number of aromatic nitrogens is 1. The van der Waals surface area contributed by atoms with Crippen LogP contribution in [0.2, 0.25) is 0 Å². The van der Waals surface area contributed by atoms with Crippen LogP contribution in [0.15, 0.2) is 35.5 Å². The van der Waals surface area contributed by atoms with Gasteiger partial charge in [-0.1, -0.05) is 17.7 Å². The second kappa shape index (κ2) is 8.34. The number of amidine groups is 1. The molecule has 9 heteroatoms. The van der Waals surface area contributed by atoms with E-state index in [1.54, 1.807) is 26.8 Å². The van der Waals surface area contributed by atoms with Gasteiger partial charge in [0, 0.05) is 17.2 Å². The number of halogens is 2. The first-order valence-electron chi connectivity index (χ1n) is 10.4. The largest absolute Gasteiger partial charge is 0.476 e. The lowest BCUT2D eigenvalue weighted by molar-refractivity contribution is 0.102. The van der Waals surface area contributed by atoms with Crippen LogP contribution in [0.1, 0.15) is 41.9 Å². The highest BCUT2D eigenvalue weighted by Gasteiger charge is 2.66. The summed E-state index contributed by atoms with van der Waals surface area (Å²) in [5.74, 6) is 1.78. The minimum Gasteiger partial charge on any atom is -0.476 e.